The molecule has 0 atom stereocenters. The molecule has 1 N–H and O–H groups in total. The van der Waals surface area contributed by atoms with Crippen molar-refractivity contribution in [3.05, 3.63) is 29.5 Å². The summed E-state index contributed by atoms with van der Waals surface area (Å²) in [6.07, 6.45) is 0.598. The van der Waals surface area contributed by atoms with Crippen molar-refractivity contribution < 1.29 is 9.32 Å². The van der Waals surface area contributed by atoms with Gasteiger partial charge in [-0.05, 0) is 19.1 Å². The van der Waals surface area contributed by atoms with Gasteiger partial charge in [-0.1, -0.05) is 5.16 Å². The van der Waals surface area contributed by atoms with Gasteiger partial charge >= 0.3 is 0 Å². The number of anilines is 1. The molecule has 0 saturated heterocycles. The van der Waals surface area contributed by atoms with E-state index < -0.39 is 0 Å². The minimum absolute atomic E-state index is 0.176. The normalized spacial score (nSPS) is 10.3. The number of hydrogen-bond donors (Lipinski definition) is 1. The van der Waals surface area contributed by atoms with Crippen LogP contribution in [0, 0.1) is 6.92 Å². The van der Waals surface area contributed by atoms with Crippen molar-refractivity contribution in [3.63, 3.8) is 0 Å². The van der Waals surface area contributed by atoms with Gasteiger partial charge < -0.3 is 14.7 Å². The fraction of sp³-hybridized carbons (Fsp3) is 0.417. The van der Waals surface area contributed by atoms with Gasteiger partial charge in [0.1, 0.15) is 5.82 Å². The van der Waals surface area contributed by atoms with Crippen molar-refractivity contribution in [1.82, 2.24) is 25.2 Å². The second kappa shape index (κ2) is 6.09. The zero-order valence-electron chi connectivity index (χ0n) is 11.6. The highest BCUT2D eigenvalue weighted by atomic mass is 16.5. The minimum Gasteiger partial charge on any atom is -0.368 e. The predicted octanol–water partition coefficient (Wildman–Crippen LogP) is 0.524. The maximum atomic E-state index is 11.6. The maximum Gasteiger partial charge on any atom is 0.273 e. The van der Waals surface area contributed by atoms with Crippen LogP contribution in [0.4, 0.5) is 5.82 Å². The molecule has 0 saturated carbocycles. The van der Waals surface area contributed by atoms with E-state index in [1.165, 1.54) is 4.90 Å². The van der Waals surface area contributed by atoms with Gasteiger partial charge in [0.25, 0.3) is 5.91 Å². The van der Waals surface area contributed by atoms with E-state index in [0.29, 0.717) is 36.2 Å². The van der Waals surface area contributed by atoms with Gasteiger partial charge in [-0.25, -0.2) is 0 Å². The first kappa shape index (κ1) is 13.9. The monoisotopic (exact) mass is 276 g/mol. The molecule has 0 aliphatic rings. The molecule has 2 aromatic heterocycles. The molecular weight excluding hydrogens is 260 g/mol. The number of hydrogen-bond acceptors (Lipinski definition) is 7. The van der Waals surface area contributed by atoms with Crippen molar-refractivity contribution in [2.75, 3.05) is 26.0 Å². The molecule has 0 bridgehead atoms. The van der Waals surface area contributed by atoms with Crippen molar-refractivity contribution in [1.29, 1.82) is 0 Å². The summed E-state index contributed by atoms with van der Waals surface area (Å²) in [6.45, 7) is 2.36. The Morgan fingerprint density at radius 3 is 2.70 bits per heavy atom. The van der Waals surface area contributed by atoms with E-state index in [1.54, 1.807) is 33.2 Å². The van der Waals surface area contributed by atoms with Gasteiger partial charge in [0.05, 0.1) is 0 Å². The van der Waals surface area contributed by atoms with Gasteiger partial charge in [0.2, 0.25) is 5.89 Å². The molecule has 20 heavy (non-hydrogen) atoms. The number of aryl methyl sites for hydroxylation is 1. The molecule has 0 aromatic carbocycles. The van der Waals surface area contributed by atoms with Crippen LogP contribution in [0.2, 0.25) is 0 Å². The Balaban J connectivity index is 1.86. The molecule has 0 radical (unpaired) electrons. The molecule has 0 unspecified atom stereocenters. The number of rotatable bonds is 5. The molecule has 8 nitrogen and oxygen atoms in total. The van der Waals surface area contributed by atoms with Gasteiger partial charge in [0.15, 0.2) is 11.5 Å². The van der Waals surface area contributed by atoms with Crippen LogP contribution in [0.15, 0.2) is 16.7 Å². The molecule has 106 valence electrons. The molecule has 2 rings (SSSR count). The Morgan fingerprint density at radius 1 is 1.35 bits per heavy atom. The van der Waals surface area contributed by atoms with Gasteiger partial charge in [-0.15, -0.1) is 10.2 Å². The molecular formula is C12H16N6O2. The van der Waals surface area contributed by atoms with Gasteiger partial charge in [-0.2, -0.15) is 4.98 Å². The Morgan fingerprint density at radius 2 is 2.15 bits per heavy atom. The summed E-state index contributed by atoms with van der Waals surface area (Å²) in [7, 11) is 3.34. The topological polar surface area (TPSA) is 97.0 Å². The van der Waals surface area contributed by atoms with Crippen LogP contribution in [0.5, 0.6) is 0 Å². The zero-order chi connectivity index (χ0) is 14.5. The Hall–Kier alpha value is -2.51. The van der Waals surface area contributed by atoms with Crippen LogP contribution in [0.1, 0.15) is 22.2 Å². The zero-order valence-corrected chi connectivity index (χ0v) is 11.6. The summed E-state index contributed by atoms with van der Waals surface area (Å²) in [5.41, 5.74) is 0.313. The molecule has 0 aliphatic carbocycles. The molecule has 0 spiro atoms. The summed E-state index contributed by atoms with van der Waals surface area (Å²) < 4.78 is 4.99. The molecule has 0 fully saturated rings. The van der Waals surface area contributed by atoms with Crippen LogP contribution < -0.4 is 5.32 Å². The standard InChI is InChI=1S/C12H16N6O2/c1-8-14-11(20-17-8)6-7-13-10-5-4-9(15-16-10)12(19)18(2)3/h4-5H,6-7H2,1-3H3,(H,13,16). The third kappa shape index (κ3) is 3.50. The van der Waals surface area contributed by atoms with Crippen molar-refractivity contribution in [2.45, 2.75) is 13.3 Å². The van der Waals surface area contributed by atoms with Crippen LogP contribution in [0.25, 0.3) is 0 Å². The van der Waals surface area contributed by atoms with Crippen LogP contribution in [-0.2, 0) is 6.42 Å². The summed E-state index contributed by atoms with van der Waals surface area (Å²) in [6, 6.07) is 3.34. The first-order chi connectivity index (χ1) is 9.56. The molecule has 1 amide bonds. The third-order valence-electron chi connectivity index (χ3n) is 2.50. The van der Waals surface area contributed by atoms with E-state index in [4.69, 9.17) is 4.52 Å². The van der Waals surface area contributed by atoms with E-state index in [2.05, 4.69) is 25.7 Å². The van der Waals surface area contributed by atoms with E-state index in [1.807, 2.05) is 0 Å². The van der Waals surface area contributed by atoms with Crippen molar-refractivity contribution >= 4 is 11.7 Å². The highest BCUT2D eigenvalue weighted by molar-refractivity contribution is 5.91. The third-order valence-corrected chi connectivity index (χ3v) is 2.50. The molecule has 2 aromatic rings. The summed E-state index contributed by atoms with van der Waals surface area (Å²) in [5.74, 6) is 1.61. The van der Waals surface area contributed by atoms with E-state index >= 15 is 0 Å². The largest absolute Gasteiger partial charge is 0.368 e. The lowest BCUT2D eigenvalue weighted by Crippen LogP contribution is -2.23. The highest BCUT2D eigenvalue weighted by Gasteiger charge is 2.10. The first-order valence-electron chi connectivity index (χ1n) is 6.14. The van der Waals surface area contributed by atoms with Crippen LogP contribution in [0.3, 0.4) is 0 Å². The average Bonchev–Trinajstić information content (AvgIpc) is 2.84. The molecule has 8 heteroatoms. The van der Waals surface area contributed by atoms with E-state index in [-0.39, 0.29) is 5.91 Å². The summed E-state index contributed by atoms with van der Waals surface area (Å²) >= 11 is 0. The van der Waals surface area contributed by atoms with Gasteiger partial charge in [0, 0.05) is 27.1 Å². The maximum absolute atomic E-state index is 11.6. The summed E-state index contributed by atoms with van der Waals surface area (Å²) in [4.78, 5) is 17.2. The molecule has 0 aliphatic heterocycles. The number of carbonyl (C=O) groups is 1. The lowest BCUT2D eigenvalue weighted by molar-refractivity contribution is 0.0821. The Bertz CT molecular complexity index is 578. The number of nitrogens with zero attached hydrogens (tertiary/aromatic N) is 5. The Kier molecular flexibility index (Phi) is 4.24. The van der Waals surface area contributed by atoms with Crippen molar-refractivity contribution in [3.8, 4) is 0 Å². The number of amides is 1. The number of aromatic nitrogens is 4. The fourth-order valence-electron chi connectivity index (χ4n) is 1.51. The first-order valence-corrected chi connectivity index (χ1v) is 6.14. The smallest absolute Gasteiger partial charge is 0.273 e. The Labute approximate surface area is 116 Å². The predicted molar refractivity (Wildman–Crippen MR) is 71.3 cm³/mol. The second-order valence-corrected chi connectivity index (χ2v) is 4.42. The van der Waals surface area contributed by atoms with Gasteiger partial charge in [-0.3, -0.25) is 4.79 Å². The minimum atomic E-state index is -0.176. The number of nitrogens with one attached hydrogen (secondary N) is 1. The lowest BCUT2D eigenvalue weighted by atomic mass is 10.3. The van der Waals surface area contributed by atoms with Crippen LogP contribution in [-0.4, -0.2) is 51.8 Å². The number of carbonyl (C=O) groups excluding carboxylic acids is 1. The molecule has 2 heterocycles. The highest BCUT2D eigenvalue weighted by Crippen LogP contribution is 2.04. The fourth-order valence-corrected chi connectivity index (χ4v) is 1.51. The summed E-state index contributed by atoms with van der Waals surface area (Å²) in [5, 5.41) is 14.6. The SMILES string of the molecule is Cc1noc(CCNc2ccc(C(=O)N(C)C)nn2)n1. The van der Waals surface area contributed by atoms with Crippen molar-refractivity contribution in [2.24, 2.45) is 0 Å². The quantitative estimate of drug-likeness (QED) is 0.850. The van der Waals surface area contributed by atoms with Crippen LogP contribution >= 0.6 is 0 Å². The lowest BCUT2D eigenvalue weighted by Gasteiger charge is -2.09. The van der Waals surface area contributed by atoms with E-state index in [0.717, 1.165) is 0 Å². The second-order valence-electron chi connectivity index (χ2n) is 4.42. The van der Waals surface area contributed by atoms with E-state index in [9.17, 15) is 4.79 Å². The average molecular weight is 276 g/mol.